The van der Waals surface area contributed by atoms with Crippen LogP contribution in [0.15, 0.2) is 42.5 Å². The van der Waals surface area contributed by atoms with Crippen molar-refractivity contribution < 1.29 is 23.5 Å². The Bertz CT molecular complexity index is 871. The topological polar surface area (TPSA) is 59.1 Å². The van der Waals surface area contributed by atoms with Crippen LogP contribution in [0, 0.1) is 5.82 Å². The van der Waals surface area contributed by atoms with E-state index in [4.69, 9.17) is 9.47 Å². The van der Waals surface area contributed by atoms with Crippen LogP contribution in [-0.2, 0) is 4.79 Å². The van der Waals surface area contributed by atoms with E-state index in [1.54, 1.807) is 43.2 Å². The fraction of sp³-hybridized carbons (Fsp3) is 0.300. The van der Waals surface area contributed by atoms with Gasteiger partial charge in [0.05, 0.1) is 25.5 Å². The molecule has 0 N–H and O–H groups in total. The number of carbonyl (C=O) groups is 2. The predicted octanol–water partition coefficient (Wildman–Crippen LogP) is 2.72. The van der Waals surface area contributed by atoms with Crippen LogP contribution in [0.3, 0.4) is 0 Å². The monoisotopic (exact) mass is 372 g/mol. The van der Waals surface area contributed by atoms with E-state index >= 15 is 0 Å². The van der Waals surface area contributed by atoms with E-state index in [0.717, 1.165) is 0 Å². The first-order valence-electron chi connectivity index (χ1n) is 8.56. The smallest absolute Gasteiger partial charge is 0.257 e. The van der Waals surface area contributed by atoms with E-state index in [1.165, 1.54) is 30.2 Å². The summed E-state index contributed by atoms with van der Waals surface area (Å²) in [5, 5.41) is 0. The Kier molecular flexibility index (Phi) is 5.30. The molecule has 0 saturated carbocycles. The van der Waals surface area contributed by atoms with Gasteiger partial charge in [-0.05, 0) is 31.2 Å². The second-order valence-corrected chi connectivity index (χ2v) is 6.18. The zero-order chi connectivity index (χ0) is 19.6. The quantitative estimate of drug-likeness (QED) is 0.828. The van der Waals surface area contributed by atoms with Crippen LogP contribution >= 0.6 is 0 Å². The van der Waals surface area contributed by atoms with Gasteiger partial charge in [-0.15, -0.1) is 0 Å². The number of benzene rings is 2. The summed E-state index contributed by atoms with van der Waals surface area (Å²) in [6.45, 7) is 2.19. The third-order valence-corrected chi connectivity index (χ3v) is 4.70. The average Bonchev–Trinajstić information content (AvgIpc) is 2.69. The van der Waals surface area contributed by atoms with E-state index < -0.39 is 17.8 Å². The van der Waals surface area contributed by atoms with Crippen molar-refractivity contribution in [2.24, 2.45) is 0 Å². The number of ether oxygens (including phenoxy) is 2. The minimum Gasteiger partial charge on any atom is -0.497 e. The Balaban J connectivity index is 1.87. The van der Waals surface area contributed by atoms with Crippen molar-refractivity contribution in [1.82, 2.24) is 4.90 Å². The van der Waals surface area contributed by atoms with Crippen LogP contribution in [0.1, 0.15) is 17.3 Å². The summed E-state index contributed by atoms with van der Waals surface area (Å²) in [6.07, 6.45) is 0. The van der Waals surface area contributed by atoms with Gasteiger partial charge in [0.1, 0.15) is 23.4 Å². The van der Waals surface area contributed by atoms with Gasteiger partial charge in [0.2, 0.25) is 5.91 Å². The van der Waals surface area contributed by atoms with Crippen molar-refractivity contribution in [2.75, 3.05) is 32.2 Å². The number of anilines is 1. The van der Waals surface area contributed by atoms with Gasteiger partial charge < -0.3 is 19.3 Å². The lowest BCUT2D eigenvalue weighted by molar-refractivity contribution is -0.124. The van der Waals surface area contributed by atoms with Gasteiger partial charge in [-0.25, -0.2) is 4.39 Å². The number of piperazine rings is 1. The SMILES string of the molecule is COc1ccc(OC)c(N2CCN(C(=O)c3ccccc3F)[C@@H](C)C2=O)c1. The predicted molar refractivity (Wildman–Crippen MR) is 98.8 cm³/mol. The highest BCUT2D eigenvalue weighted by Gasteiger charge is 2.37. The Labute approximate surface area is 157 Å². The van der Waals surface area contributed by atoms with Crippen LogP contribution in [0.2, 0.25) is 0 Å². The second-order valence-electron chi connectivity index (χ2n) is 6.18. The molecule has 6 nitrogen and oxygen atoms in total. The molecule has 1 fully saturated rings. The van der Waals surface area contributed by atoms with Crippen molar-refractivity contribution in [3.63, 3.8) is 0 Å². The first kappa shape index (κ1) is 18.7. The van der Waals surface area contributed by atoms with Gasteiger partial charge in [0, 0.05) is 19.2 Å². The molecule has 0 aromatic heterocycles. The molecule has 2 aromatic carbocycles. The molecular formula is C20H21FN2O4. The highest BCUT2D eigenvalue weighted by Crippen LogP contribution is 2.34. The molecule has 1 aliphatic heterocycles. The third-order valence-electron chi connectivity index (χ3n) is 4.70. The van der Waals surface area contributed by atoms with Crippen LogP contribution in [0.5, 0.6) is 11.5 Å². The fourth-order valence-corrected chi connectivity index (χ4v) is 3.18. The summed E-state index contributed by atoms with van der Waals surface area (Å²) >= 11 is 0. The lowest BCUT2D eigenvalue weighted by atomic mass is 10.1. The summed E-state index contributed by atoms with van der Waals surface area (Å²) < 4.78 is 24.6. The van der Waals surface area contributed by atoms with Crippen molar-refractivity contribution in [2.45, 2.75) is 13.0 Å². The van der Waals surface area contributed by atoms with Crippen molar-refractivity contribution in [3.8, 4) is 11.5 Å². The van der Waals surface area contributed by atoms with E-state index in [1.807, 2.05) is 0 Å². The Morgan fingerprint density at radius 3 is 2.52 bits per heavy atom. The van der Waals surface area contributed by atoms with Gasteiger partial charge in [0.25, 0.3) is 5.91 Å². The highest BCUT2D eigenvalue weighted by atomic mass is 19.1. The molecule has 1 atom stereocenters. The van der Waals surface area contributed by atoms with Gasteiger partial charge >= 0.3 is 0 Å². The number of nitrogens with zero attached hydrogens (tertiary/aromatic N) is 2. The zero-order valence-corrected chi connectivity index (χ0v) is 15.4. The molecule has 0 unspecified atom stereocenters. The second kappa shape index (κ2) is 7.65. The van der Waals surface area contributed by atoms with Crippen molar-refractivity contribution >= 4 is 17.5 Å². The highest BCUT2D eigenvalue weighted by molar-refractivity contribution is 6.04. The number of rotatable bonds is 4. The largest absolute Gasteiger partial charge is 0.497 e. The number of amides is 2. The first-order chi connectivity index (χ1) is 13.0. The molecule has 1 heterocycles. The summed E-state index contributed by atoms with van der Waals surface area (Å²) in [5.74, 6) is -0.232. The standard InChI is InChI=1S/C20H21FN2O4/c1-13-19(24)23(17-12-14(26-2)8-9-18(17)27-3)11-10-22(13)20(25)15-6-4-5-7-16(15)21/h4-9,12-13H,10-11H2,1-3H3/t13-/m0/s1. The van der Waals surface area contributed by atoms with Crippen molar-refractivity contribution in [3.05, 3.63) is 53.8 Å². The summed E-state index contributed by atoms with van der Waals surface area (Å²) in [4.78, 5) is 28.6. The zero-order valence-electron chi connectivity index (χ0n) is 15.4. The maximum atomic E-state index is 14.0. The average molecular weight is 372 g/mol. The van der Waals surface area contributed by atoms with Gasteiger partial charge in [-0.1, -0.05) is 12.1 Å². The molecule has 7 heteroatoms. The number of hydrogen-bond donors (Lipinski definition) is 0. The van der Waals surface area contributed by atoms with E-state index in [-0.39, 0.29) is 24.6 Å². The molecule has 1 aliphatic rings. The Morgan fingerprint density at radius 1 is 1.11 bits per heavy atom. The minimum atomic E-state index is -0.734. The fourth-order valence-electron chi connectivity index (χ4n) is 3.18. The molecule has 2 amide bonds. The van der Waals surface area contributed by atoms with Gasteiger partial charge in [-0.3, -0.25) is 9.59 Å². The molecular weight excluding hydrogens is 351 g/mol. The third kappa shape index (κ3) is 3.45. The number of carbonyl (C=O) groups excluding carboxylic acids is 2. The normalized spacial score (nSPS) is 17.0. The molecule has 3 rings (SSSR count). The summed E-state index contributed by atoms with van der Waals surface area (Å²) in [7, 11) is 3.07. The lowest BCUT2D eigenvalue weighted by Crippen LogP contribution is -2.58. The molecule has 0 bridgehead atoms. The number of halogens is 1. The van der Waals surface area contributed by atoms with Crippen LogP contribution in [0.25, 0.3) is 0 Å². The molecule has 142 valence electrons. The first-order valence-corrected chi connectivity index (χ1v) is 8.56. The minimum absolute atomic E-state index is 0.0374. The van der Waals surface area contributed by atoms with Crippen LogP contribution < -0.4 is 14.4 Å². The van der Waals surface area contributed by atoms with Crippen LogP contribution in [0.4, 0.5) is 10.1 Å². The van der Waals surface area contributed by atoms with Crippen molar-refractivity contribution in [1.29, 1.82) is 0 Å². The van der Waals surface area contributed by atoms with E-state index in [9.17, 15) is 14.0 Å². The van der Waals surface area contributed by atoms with Crippen LogP contribution in [-0.4, -0.2) is 50.1 Å². The van der Waals surface area contributed by atoms with E-state index in [2.05, 4.69) is 0 Å². The molecule has 0 aliphatic carbocycles. The molecule has 0 radical (unpaired) electrons. The van der Waals surface area contributed by atoms with Gasteiger partial charge in [0.15, 0.2) is 0 Å². The molecule has 1 saturated heterocycles. The maximum Gasteiger partial charge on any atom is 0.257 e. The van der Waals surface area contributed by atoms with E-state index in [0.29, 0.717) is 17.2 Å². The number of methoxy groups -OCH3 is 2. The summed E-state index contributed by atoms with van der Waals surface area (Å²) in [6, 6.07) is 10.2. The molecule has 2 aromatic rings. The number of hydrogen-bond acceptors (Lipinski definition) is 4. The molecule has 27 heavy (non-hydrogen) atoms. The lowest BCUT2D eigenvalue weighted by Gasteiger charge is -2.39. The Morgan fingerprint density at radius 2 is 1.85 bits per heavy atom. The Hall–Kier alpha value is -3.09. The molecule has 0 spiro atoms. The summed E-state index contributed by atoms with van der Waals surface area (Å²) in [5.41, 5.74) is 0.538. The van der Waals surface area contributed by atoms with Gasteiger partial charge in [-0.2, -0.15) is 0 Å². The maximum absolute atomic E-state index is 14.0.